The zero-order chi connectivity index (χ0) is 19.9. The van der Waals surface area contributed by atoms with Gasteiger partial charge in [0.05, 0.1) is 13.7 Å². The van der Waals surface area contributed by atoms with Crippen LogP contribution in [0.5, 0.6) is 0 Å². The molecule has 0 aromatic heterocycles. The number of aliphatic hydroxyl groups is 2. The number of benzene rings is 1. The zero-order valence-electron chi connectivity index (χ0n) is 15.9. The molecule has 156 valence electrons. The summed E-state index contributed by atoms with van der Waals surface area (Å²) in [5.41, 5.74) is 0.841. The number of rotatable bonds is 8. The molecule has 3 rings (SSSR count). The first-order valence-corrected chi connectivity index (χ1v) is 9.62. The molecule has 2 aliphatic rings. The predicted molar refractivity (Wildman–Crippen MR) is 97.1 cm³/mol. The molecule has 2 heterocycles. The molecule has 6 atom stereocenters. The van der Waals surface area contributed by atoms with Gasteiger partial charge >= 0.3 is 5.97 Å². The second kappa shape index (κ2) is 10.3. The van der Waals surface area contributed by atoms with Crippen LogP contribution in [0, 0.1) is 0 Å². The molecule has 1 aromatic carbocycles. The lowest BCUT2D eigenvalue weighted by Crippen LogP contribution is -2.62. The van der Waals surface area contributed by atoms with Gasteiger partial charge in [0.2, 0.25) is 0 Å². The van der Waals surface area contributed by atoms with E-state index in [9.17, 15) is 15.0 Å². The first kappa shape index (κ1) is 21.2. The molecule has 0 aliphatic carbocycles. The van der Waals surface area contributed by atoms with E-state index < -0.39 is 37.0 Å². The third kappa shape index (κ3) is 5.28. The molecular formula is C20H28O8. The first-order chi connectivity index (χ1) is 13.6. The smallest absolute Gasteiger partial charge is 0.305 e. The third-order valence-corrected chi connectivity index (χ3v) is 4.94. The molecule has 2 saturated heterocycles. The average Bonchev–Trinajstić information content (AvgIpc) is 2.74. The number of fused-ring (bicyclic) bond motifs is 1. The fourth-order valence-electron chi connectivity index (χ4n) is 3.34. The lowest BCUT2D eigenvalue weighted by atomic mass is 9.98. The van der Waals surface area contributed by atoms with Crippen molar-refractivity contribution in [3.05, 3.63) is 35.9 Å². The molecule has 8 nitrogen and oxygen atoms in total. The highest BCUT2D eigenvalue weighted by Gasteiger charge is 2.49. The molecule has 0 saturated carbocycles. The normalized spacial score (nSPS) is 32.5. The van der Waals surface area contributed by atoms with Crippen molar-refractivity contribution in [1.82, 2.24) is 0 Å². The summed E-state index contributed by atoms with van der Waals surface area (Å²) in [5, 5.41) is 20.9. The fraction of sp³-hybridized carbons (Fsp3) is 0.650. The van der Waals surface area contributed by atoms with E-state index >= 15 is 0 Å². The highest BCUT2D eigenvalue weighted by atomic mass is 16.8. The predicted octanol–water partition coefficient (Wildman–Crippen LogP) is 1.30. The van der Waals surface area contributed by atoms with Crippen molar-refractivity contribution < 1.29 is 38.7 Å². The van der Waals surface area contributed by atoms with Gasteiger partial charge in [-0.15, -0.1) is 0 Å². The number of hydrogen-bond donors (Lipinski definition) is 2. The maximum Gasteiger partial charge on any atom is 0.305 e. The van der Waals surface area contributed by atoms with Gasteiger partial charge in [-0.1, -0.05) is 36.8 Å². The Bertz CT molecular complexity index is 607. The van der Waals surface area contributed by atoms with E-state index in [0.29, 0.717) is 25.9 Å². The Morgan fingerprint density at radius 1 is 1.11 bits per heavy atom. The summed E-state index contributed by atoms with van der Waals surface area (Å²) in [6.07, 6.45) is -2.56. The molecule has 8 heteroatoms. The topological polar surface area (TPSA) is 104 Å². The largest absolute Gasteiger partial charge is 0.469 e. The summed E-state index contributed by atoms with van der Waals surface area (Å²) in [6.45, 7) is 0.578. The molecule has 2 fully saturated rings. The Balaban J connectivity index is 1.44. The lowest BCUT2D eigenvalue weighted by Gasteiger charge is -2.46. The van der Waals surface area contributed by atoms with Crippen LogP contribution in [-0.2, 0) is 28.5 Å². The minimum Gasteiger partial charge on any atom is -0.469 e. The number of unbranched alkanes of at least 4 members (excludes halogenated alkanes) is 2. The monoisotopic (exact) mass is 396 g/mol. The number of hydrogen-bond acceptors (Lipinski definition) is 8. The maximum atomic E-state index is 11.1. The van der Waals surface area contributed by atoms with Crippen LogP contribution in [0.3, 0.4) is 0 Å². The molecule has 0 amide bonds. The van der Waals surface area contributed by atoms with Crippen molar-refractivity contribution in [2.45, 2.75) is 62.7 Å². The standard InChI is InChI=1S/C20H28O8/c1-24-15(21)10-6-3-7-11-25-20-17(23)16(22)18-14(27-20)12-26-19(28-18)13-8-4-2-5-9-13/h2,4-5,8-9,14,16-20,22-23H,3,6-7,10-12H2,1H3. The number of aliphatic hydroxyl groups excluding tert-OH is 2. The van der Waals surface area contributed by atoms with Crippen LogP contribution in [0.15, 0.2) is 30.3 Å². The highest BCUT2D eigenvalue weighted by Crippen LogP contribution is 2.34. The highest BCUT2D eigenvalue weighted by molar-refractivity contribution is 5.68. The summed E-state index contributed by atoms with van der Waals surface area (Å²) >= 11 is 0. The number of carbonyl (C=O) groups is 1. The molecule has 28 heavy (non-hydrogen) atoms. The van der Waals surface area contributed by atoms with Crippen molar-refractivity contribution in [2.75, 3.05) is 20.3 Å². The second-order valence-corrected chi connectivity index (χ2v) is 6.96. The third-order valence-electron chi connectivity index (χ3n) is 4.94. The summed E-state index contributed by atoms with van der Waals surface area (Å²) < 4.78 is 27.5. The molecule has 0 radical (unpaired) electrons. The Morgan fingerprint density at radius 3 is 2.64 bits per heavy atom. The van der Waals surface area contributed by atoms with Gasteiger partial charge in [0.25, 0.3) is 0 Å². The van der Waals surface area contributed by atoms with E-state index in [-0.39, 0.29) is 12.6 Å². The average molecular weight is 396 g/mol. The summed E-state index contributed by atoms with van der Waals surface area (Å²) in [7, 11) is 1.37. The van der Waals surface area contributed by atoms with Crippen molar-refractivity contribution in [2.24, 2.45) is 0 Å². The first-order valence-electron chi connectivity index (χ1n) is 9.62. The van der Waals surface area contributed by atoms with Gasteiger partial charge in [-0.25, -0.2) is 0 Å². The minimum atomic E-state index is -1.22. The molecule has 1 aromatic rings. The number of esters is 1. The number of carbonyl (C=O) groups excluding carboxylic acids is 1. The van der Waals surface area contributed by atoms with Gasteiger partial charge in [0, 0.05) is 18.6 Å². The summed E-state index contributed by atoms with van der Waals surface area (Å²) in [4.78, 5) is 11.1. The molecule has 2 aliphatic heterocycles. The quantitative estimate of drug-likeness (QED) is 0.501. The molecule has 6 unspecified atom stereocenters. The van der Waals surface area contributed by atoms with Crippen LogP contribution in [0.2, 0.25) is 0 Å². The van der Waals surface area contributed by atoms with E-state index in [1.165, 1.54) is 7.11 Å². The van der Waals surface area contributed by atoms with Crippen LogP contribution < -0.4 is 0 Å². The van der Waals surface area contributed by atoms with Crippen LogP contribution in [0.4, 0.5) is 0 Å². The van der Waals surface area contributed by atoms with Crippen LogP contribution >= 0.6 is 0 Å². The van der Waals surface area contributed by atoms with Gasteiger partial charge in [-0.05, 0) is 12.8 Å². The van der Waals surface area contributed by atoms with E-state index in [0.717, 1.165) is 12.0 Å². The lowest BCUT2D eigenvalue weighted by molar-refractivity contribution is -0.361. The second-order valence-electron chi connectivity index (χ2n) is 6.96. The Labute approximate surface area is 164 Å². The fourth-order valence-corrected chi connectivity index (χ4v) is 3.34. The van der Waals surface area contributed by atoms with Crippen molar-refractivity contribution in [3.8, 4) is 0 Å². The molecule has 2 N–H and O–H groups in total. The molecule has 0 bridgehead atoms. The Morgan fingerprint density at radius 2 is 1.89 bits per heavy atom. The minimum absolute atomic E-state index is 0.229. The van der Waals surface area contributed by atoms with Gasteiger partial charge < -0.3 is 33.9 Å². The summed E-state index contributed by atoms with van der Waals surface area (Å²) in [5.74, 6) is -0.229. The van der Waals surface area contributed by atoms with Gasteiger partial charge in [0.15, 0.2) is 12.6 Å². The molecular weight excluding hydrogens is 368 g/mol. The van der Waals surface area contributed by atoms with Gasteiger partial charge in [-0.3, -0.25) is 4.79 Å². The Kier molecular flexibility index (Phi) is 7.78. The van der Waals surface area contributed by atoms with E-state index in [2.05, 4.69) is 4.74 Å². The number of ether oxygens (including phenoxy) is 5. The van der Waals surface area contributed by atoms with E-state index in [4.69, 9.17) is 18.9 Å². The van der Waals surface area contributed by atoms with Crippen LogP contribution in [-0.4, -0.2) is 67.2 Å². The van der Waals surface area contributed by atoms with Crippen LogP contribution in [0.1, 0.15) is 37.5 Å². The van der Waals surface area contributed by atoms with Crippen LogP contribution in [0.25, 0.3) is 0 Å². The summed E-state index contributed by atoms with van der Waals surface area (Å²) in [6, 6.07) is 9.42. The van der Waals surface area contributed by atoms with Crippen molar-refractivity contribution in [3.63, 3.8) is 0 Å². The van der Waals surface area contributed by atoms with Gasteiger partial charge in [0.1, 0.15) is 24.4 Å². The number of methoxy groups -OCH3 is 1. The van der Waals surface area contributed by atoms with Gasteiger partial charge in [-0.2, -0.15) is 0 Å². The zero-order valence-corrected chi connectivity index (χ0v) is 15.9. The molecule has 0 spiro atoms. The van der Waals surface area contributed by atoms with Crippen molar-refractivity contribution in [1.29, 1.82) is 0 Å². The van der Waals surface area contributed by atoms with E-state index in [1.807, 2.05) is 30.3 Å². The van der Waals surface area contributed by atoms with E-state index in [1.54, 1.807) is 0 Å². The van der Waals surface area contributed by atoms with Crippen molar-refractivity contribution >= 4 is 5.97 Å². The maximum absolute atomic E-state index is 11.1. The SMILES string of the molecule is COC(=O)CCCCCOC1OC2COC(c3ccccc3)OC2C(O)C1O. The Hall–Kier alpha value is -1.55.